The molecule has 1 saturated heterocycles. The molecular formula is C25H28N4O4S. The van der Waals surface area contributed by atoms with Gasteiger partial charge in [-0.2, -0.15) is 9.40 Å². The lowest BCUT2D eigenvalue weighted by Gasteiger charge is -2.26. The number of sulfonamides is 1. The summed E-state index contributed by atoms with van der Waals surface area (Å²) in [6, 6.07) is 16.1. The first kappa shape index (κ1) is 23.8. The molecule has 4 rings (SSSR count). The molecule has 0 aliphatic carbocycles. The fourth-order valence-corrected chi connectivity index (χ4v) is 5.79. The average molecular weight is 481 g/mol. The van der Waals surface area contributed by atoms with Crippen LogP contribution >= 0.6 is 0 Å². The maximum atomic E-state index is 13.3. The summed E-state index contributed by atoms with van der Waals surface area (Å²) < 4.78 is 29.2. The van der Waals surface area contributed by atoms with E-state index in [2.05, 4.69) is 10.4 Å². The zero-order valence-corrected chi connectivity index (χ0v) is 20.1. The van der Waals surface area contributed by atoms with Crippen molar-refractivity contribution in [3.05, 3.63) is 76.6 Å². The Bertz CT molecular complexity index is 1350. The Labute approximate surface area is 199 Å². The quantitative estimate of drug-likeness (QED) is 0.581. The smallest absolute Gasteiger partial charge is 0.267 e. The normalized spacial score (nSPS) is 15.6. The average Bonchev–Trinajstić information content (AvgIpc) is 2.85. The monoisotopic (exact) mass is 480 g/mol. The highest BCUT2D eigenvalue weighted by molar-refractivity contribution is 7.89. The fourth-order valence-electron chi connectivity index (χ4n) is 4.02. The van der Waals surface area contributed by atoms with Gasteiger partial charge in [0.1, 0.15) is 6.04 Å². The van der Waals surface area contributed by atoms with Gasteiger partial charge < -0.3 is 5.32 Å². The van der Waals surface area contributed by atoms with Crippen molar-refractivity contribution in [3.8, 4) is 11.3 Å². The molecule has 0 radical (unpaired) electrons. The van der Waals surface area contributed by atoms with Gasteiger partial charge >= 0.3 is 0 Å². The number of anilines is 1. The van der Waals surface area contributed by atoms with Crippen LogP contribution in [0.15, 0.2) is 70.4 Å². The van der Waals surface area contributed by atoms with Crippen molar-refractivity contribution >= 4 is 21.6 Å². The first-order chi connectivity index (χ1) is 16.3. The number of benzene rings is 2. The number of carbonyl (C=O) groups excluding carboxylic acids is 1. The van der Waals surface area contributed by atoms with Crippen LogP contribution in [0.3, 0.4) is 0 Å². The third-order valence-corrected chi connectivity index (χ3v) is 8.07. The Morgan fingerprint density at radius 1 is 1.00 bits per heavy atom. The first-order valence-corrected chi connectivity index (χ1v) is 12.8. The summed E-state index contributed by atoms with van der Waals surface area (Å²) in [5.74, 6) is -0.379. The molecule has 1 aliphatic heterocycles. The molecule has 2 aromatic carbocycles. The number of nitrogens with one attached hydrogen (secondary N) is 1. The molecule has 9 heteroatoms. The van der Waals surface area contributed by atoms with Crippen LogP contribution in [0.1, 0.15) is 37.8 Å². The van der Waals surface area contributed by atoms with Gasteiger partial charge in [-0.15, -0.1) is 0 Å². The van der Waals surface area contributed by atoms with E-state index in [0.717, 1.165) is 23.9 Å². The van der Waals surface area contributed by atoms with Gasteiger partial charge in [0, 0.05) is 30.4 Å². The maximum Gasteiger partial charge on any atom is 0.267 e. The lowest BCUT2D eigenvalue weighted by Crippen LogP contribution is -2.36. The number of piperidine rings is 1. The molecule has 1 aromatic heterocycles. The van der Waals surface area contributed by atoms with Crippen LogP contribution in [0.5, 0.6) is 0 Å². The van der Waals surface area contributed by atoms with Crippen molar-refractivity contribution in [3.63, 3.8) is 0 Å². The second kappa shape index (κ2) is 9.90. The lowest BCUT2D eigenvalue weighted by atomic mass is 10.1. The summed E-state index contributed by atoms with van der Waals surface area (Å²) in [7, 11) is -3.63. The summed E-state index contributed by atoms with van der Waals surface area (Å²) in [6.45, 7) is 4.40. The van der Waals surface area contributed by atoms with Crippen LogP contribution in [0.2, 0.25) is 0 Å². The van der Waals surface area contributed by atoms with E-state index in [9.17, 15) is 18.0 Å². The molecule has 3 aromatic rings. The summed E-state index contributed by atoms with van der Waals surface area (Å²) >= 11 is 0. The van der Waals surface area contributed by atoms with Crippen molar-refractivity contribution in [1.82, 2.24) is 14.1 Å². The molecule has 8 nitrogen and oxygen atoms in total. The molecule has 1 atom stereocenters. The Morgan fingerprint density at radius 3 is 2.41 bits per heavy atom. The van der Waals surface area contributed by atoms with Gasteiger partial charge in [0.2, 0.25) is 15.9 Å². The second-order valence-corrected chi connectivity index (χ2v) is 10.4. The molecule has 0 spiro atoms. The molecule has 34 heavy (non-hydrogen) atoms. The van der Waals surface area contributed by atoms with E-state index in [1.807, 2.05) is 6.07 Å². The SMILES string of the molecule is Cc1ccc(-c2ccc(=O)n([C@@H](C)C(=O)Nc3ccccc3)n2)cc1S(=O)(=O)N1CCCCC1. The predicted molar refractivity (Wildman–Crippen MR) is 131 cm³/mol. The van der Waals surface area contributed by atoms with Crippen LogP contribution < -0.4 is 10.9 Å². The second-order valence-electron chi connectivity index (χ2n) is 8.48. The zero-order valence-electron chi connectivity index (χ0n) is 19.3. The van der Waals surface area contributed by atoms with Crippen molar-refractivity contribution in [2.24, 2.45) is 0 Å². The third kappa shape index (κ3) is 4.95. The molecular weight excluding hydrogens is 452 g/mol. The molecule has 1 N–H and O–H groups in total. The van der Waals surface area contributed by atoms with Gasteiger partial charge in [-0.25, -0.2) is 13.1 Å². The van der Waals surface area contributed by atoms with E-state index in [4.69, 9.17) is 0 Å². The van der Waals surface area contributed by atoms with Crippen LogP contribution in [0, 0.1) is 6.92 Å². The Hall–Kier alpha value is -3.30. The number of carbonyl (C=O) groups is 1. The van der Waals surface area contributed by atoms with Gasteiger partial charge in [0.15, 0.2) is 0 Å². The van der Waals surface area contributed by atoms with E-state index in [1.165, 1.54) is 10.4 Å². The van der Waals surface area contributed by atoms with E-state index < -0.39 is 21.6 Å². The fraction of sp³-hybridized carbons (Fsp3) is 0.320. The highest BCUT2D eigenvalue weighted by atomic mass is 32.2. The minimum Gasteiger partial charge on any atom is -0.324 e. The van der Waals surface area contributed by atoms with Gasteiger partial charge in [-0.05, 0) is 56.5 Å². The Kier molecular flexibility index (Phi) is 6.95. The Morgan fingerprint density at radius 2 is 1.71 bits per heavy atom. The summed E-state index contributed by atoms with van der Waals surface area (Å²) in [5.41, 5.74) is 1.82. The van der Waals surface area contributed by atoms with Crippen LogP contribution in [0.4, 0.5) is 5.69 Å². The van der Waals surface area contributed by atoms with Crippen molar-refractivity contribution in [1.29, 1.82) is 0 Å². The summed E-state index contributed by atoms with van der Waals surface area (Å²) in [5, 5.41) is 7.18. The topological polar surface area (TPSA) is 101 Å². The molecule has 0 unspecified atom stereocenters. The van der Waals surface area contributed by atoms with Crippen LogP contribution in [-0.4, -0.2) is 41.5 Å². The van der Waals surface area contributed by atoms with Crippen molar-refractivity contribution in [2.75, 3.05) is 18.4 Å². The van der Waals surface area contributed by atoms with E-state index in [0.29, 0.717) is 35.6 Å². The van der Waals surface area contributed by atoms with Crippen LogP contribution in [-0.2, 0) is 14.8 Å². The number of rotatable bonds is 6. The third-order valence-electron chi connectivity index (χ3n) is 6.03. The number of nitrogens with zero attached hydrogens (tertiary/aromatic N) is 3. The van der Waals surface area contributed by atoms with Crippen LogP contribution in [0.25, 0.3) is 11.3 Å². The number of aromatic nitrogens is 2. The predicted octanol–water partition coefficient (Wildman–Crippen LogP) is 3.59. The van der Waals surface area contributed by atoms with E-state index in [-0.39, 0.29) is 10.8 Å². The molecule has 0 bridgehead atoms. The van der Waals surface area contributed by atoms with Gasteiger partial charge in [0.25, 0.3) is 5.56 Å². The minimum absolute atomic E-state index is 0.237. The maximum absolute atomic E-state index is 13.3. The minimum atomic E-state index is -3.63. The standard InChI is InChI=1S/C25H28N4O4S/c1-18-11-12-20(17-23(18)34(32,33)28-15-7-4-8-16-28)22-13-14-24(30)29(27-22)19(2)25(31)26-21-9-5-3-6-10-21/h3,5-6,9-14,17,19H,4,7-8,15-16H2,1-2H3,(H,26,31)/t19-/m0/s1. The molecule has 2 heterocycles. The molecule has 1 aliphatic rings. The number of amides is 1. The summed E-state index contributed by atoms with van der Waals surface area (Å²) in [4.78, 5) is 25.5. The van der Waals surface area contributed by atoms with Crippen molar-refractivity contribution < 1.29 is 13.2 Å². The molecule has 0 saturated carbocycles. The van der Waals surface area contributed by atoms with Gasteiger partial charge in [-0.3, -0.25) is 9.59 Å². The van der Waals surface area contributed by atoms with E-state index in [1.54, 1.807) is 62.4 Å². The van der Waals surface area contributed by atoms with Gasteiger partial charge in [-0.1, -0.05) is 36.8 Å². The highest BCUT2D eigenvalue weighted by Gasteiger charge is 2.28. The number of hydrogen-bond acceptors (Lipinski definition) is 5. The number of aryl methyl sites for hydroxylation is 1. The Balaban J connectivity index is 1.65. The highest BCUT2D eigenvalue weighted by Crippen LogP contribution is 2.27. The molecule has 178 valence electrons. The van der Waals surface area contributed by atoms with E-state index >= 15 is 0 Å². The molecule has 1 fully saturated rings. The zero-order chi connectivity index (χ0) is 24.3. The van der Waals surface area contributed by atoms with Gasteiger partial charge in [0.05, 0.1) is 10.6 Å². The summed E-state index contributed by atoms with van der Waals surface area (Å²) in [6.07, 6.45) is 2.74. The molecule has 1 amide bonds. The largest absolute Gasteiger partial charge is 0.324 e. The van der Waals surface area contributed by atoms with Crippen molar-refractivity contribution in [2.45, 2.75) is 44.0 Å². The lowest BCUT2D eigenvalue weighted by molar-refractivity contribution is -0.119. The number of hydrogen-bond donors (Lipinski definition) is 1. The number of para-hydroxylation sites is 1. The first-order valence-electron chi connectivity index (χ1n) is 11.3.